The monoisotopic (exact) mass is 266 g/mol. The first kappa shape index (κ1) is 13.4. The SMILES string of the molecule is CC(C)NCc1cn(CCO)c2cc(Cl)ccc12. The van der Waals surface area contributed by atoms with Gasteiger partial charge in [-0.05, 0) is 17.7 Å². The first-order valence-corrected chi connectivity index (χ1v) is 6.61. The maximum atomic E-state index is 9.11. The number of aliphatic hydroxyl groups is 1. The van der Waals surface area contributed by atoms with Gasteiger partial charge in [-0.15, -0.1) is 0 Å². The van der Waals surface area contributed by atoms with E-state index in [9.17, 15) is 0 Å². The molecule has 2 N–H and O–H groups in total. The molecule has 0 fully saturated rings. The summed E-state index contributed by atoms with van der Waals surface area (Å²) in [6, 6.07) is 6.36. The Hall–Kier alpha value is -1.03. The minimum atomic E-state index is 0.132. The average Bonchev–Trinajstić information content (AvgIpc) is 2.65. The Morgan fingerprint density at radius 1 is 1.39 bits per heavy atom. The lowest BCUT2D eigenvalue weighted by Crippen LogP contribution is -2.21. The van der Waals surface area contributed by atoms with Gasteiger partial charge >= 0.3 is 0 Å². The molecule has 0 aliphatic rings. The van der Waals surface area contributed by atoms with E-state index >= 15 is 0 Å². The second kappa shape index (κ2) is 5.74. The number of fused-ring (bicyclic) bond motifs is 1. The number of benzene rings is 1. The third kappa shape index (κ3) is 2.86. The van der Waals surface area contributed by atoms with Crippen molar-refractivity contribution in [2.24, 2.45) is 0 Å². The molecular weight excluding hydrogens is 248 g/mol. The molecule has 1 aromatic carbocycles. The summed E-state index contributed by atoms with van der Waals surface area (Å²) in [7, 11) is 0. The normalized spacial score (nSPS) is 11.6. The van der Waals surface area contributed by atoms with Gasteiger partial charge in [0, 0.05) is 41.3 Å². The molecule has 0 radical (unpaired) electrons. The zero-order valence-corrected chi connectivity index (χ0v) is 11.5. The molecule has 1 heterocycles. The van der Waals surface area contributed by atoms with Gasteiger partial charge in [0.2, 0.25) is 0 Å². The van der Waals surface area contributed by atoms with Crippen molar-refractivity contribution in [3.63, 3.8) is 0 Å². The minimum absolute atomic E-state index is 0.132. The van der Waals surface area contributed by atoms with Crippen molar-refractivity contribution in [1.82, 2.24) is 9.88 Å². The largest absolute Gasteiger partial charge is 0.395 e. The van der Waals surface area contributed by atoms with Crippen molar-refractivity contribution in [3.8, 4) is 0 Å². The van der Waals surface area contributed by atoms with Crippen molar-refractivity contribution in [2.45, 2.75) is 33.0 Å². The lowest BCUT2D eigenvalue weighted by molar-refractivity contribution is 0.278. The Balaban J connectivity index is 2.40. The summed E-state index contributed by atoms with van der Waals surface area (Å²) >= 11 is 6.04. The summed E-state index contributed by atoms with van der Waals surface area (Å²) in [6.45, 7) is 5.81. The van der Waals surface area contributed by atoms with Crippen LogP contribution in [0.15, 0.2) is 24.4 Å². The average molecular weight is 267 g/mol. The van der Waals surface area contributed by atoms with Crippen molar-refractivity contribution in [3.05, 3.63) is 35.0 Å². The summed E-state index contributed by atoms with van der Waals surface area (Å²) in [5, 5.41) is 14.4. The number of aliphatic hydroxyl groups excluding tert-OH is 1. The van der Waals surface area contributed by atoms with E-state index in [1.807, 2.05) is 18.2 Å². The van der Waals surface area contributed by atoms with E-state index in [1.165, 1.54) is 10.9 Å². The van der Waals surface area contributed by atoms with Crippen LogP contribution in [0.3, 0.4) is 0 Å². The fraction of sp³-hybridized carbons (Fsp3) is 0.429. The summed E-state index contributed by atoms with van der Waals surface area (Å²) in [6.07, 6.45) is 2.09. The second-order valence-electron chi connectivity index (χ2n) is 4.77. The highest BCUT2D eigenvalue weighted by Gasteiger charge is 2.09. The highest BCUT2D eigenvalue weighted by Crippen LogP contribution is 2.24. The Labute approximate surface area is 112 Å². The molecule has 4 heteroatoms. The molecular formula is C14H19ClN2O. The molecule has 2 rings (SSSR count). The lowest BCUT2D eigenvalue weighted by Gasteiger charge is -2.06. The number of halogens is 1. The molecule has 3 nitrogen and oxygen atoms in total. The molecule has 0 saturated carbocycles. The van der Waals surface area contributed by atoms with Crippen molar-refractivity contribution < 1.29 is 5.11 Å². The summed E-state index contributed by atoms with van der Waals surface area (Å²) in [4.78, 5) is 0. The summed E-state index contributed by atoms with van der Waals surface area (Å²) < 4.78 is 2.05. The zero-order valence-electron chi connectivity index (χ0n) is 10.8. The van der Waals surface area contributed by atoms with Crippen molar-refractivity contribution in [2.75, 3.05) is 6.61 Å². The van der Waals surface area contributed by atoms with Gasteiger partial charge in [0.15, 0.2) is 0 Å². The van der Waals surface area contributed by atoms with E-state index in [1.54, 1.807) is 0 Å². The number of hydrogen-bond acceptors (Lipinski definition) is 2. The van der Waals surface area contributed by atoms with Gasteiger partial charge in [-0.25, -0.2) is 0 Å². The van der Waals surface area contributed by atoms with Gasteiger partial charge < -0.3 is 15.0 Å². The molecule has 0 amide bonds. The molecule has 0 aliphatic heterocycles. The molecule has 2 aromatic rings. The van der Waals surface area contributed by atoms with E-state index in [-0.39, 0.29) is 6.61 Å². The standard InChI is InChI=1S/C14H19ClN2O/c1-10(2)16-8-11-9-17(5-6-18)14-7-12(15)3-4-13(11)14/h3-4,7,9-10,16,18H,5-6,8H2,1-2H3. The van der Waals surface area contributed by atoms with Crippen LogP contribution in [-0.4, -0.2) is 22.3 Å². The van der Waals surface area contributed by atoms with Gasteiger partial charge in [0.25, 0.3) is 0 Å². The number of nitrogens with zero attached hydrogens (tertiary/aromatic N) is 1. The summed E-state index contributed by atoms with van der Waals surface area (Å²) in [5.41, 5.74) is 2.32. The Morgan fingerprint density at radius 2 is 2.17 bits per heavy atom. The predicted octanol–water partition coefficient (Wildman–Crippen LogP) is 2.79. The van der Waals surface area contributed by atoms with Crippen molar-refractivity contribution >= 4 is 22.5 Å². The second-order valence-corrected chi connectivity index (χ2v) is 5.20. The maximum Gasteiger partial charge on any atom is 0.0610 e. The number of hydrogen-bond donors (Lipinski definition) is 2. The molecule has 0 bridgehead atoms. The molecule has 0 aliphatic carbocycles. The van der Waals surface area contributed by atoms with E-state index < -0.39 is 0 Å². The van der Waals surface area contributed by atoms with E-state index in [2.05, 4.69) is 29.9 Å². The van der Waals surface area contributed by atoms with Crippen LogP contribution in [0.2, 0.25) is 5.02 Å². The third-order valence-corrected chi connectivity index (χ3v) is 3.20. The molecule has 0 unspecified atom stereocenters. The van der Waals surface area contributed by atoms with E-state index in [0.29, 0.717) is 12.6 Å². The first-order valence-electron chi connectivity index (χ1n) is 6.23. The van der Waals surface area contributed by atoms with Crippen LogP contribution in [0.4, 0.5) is 0 Å². The van der Waals surface area contributed by atoms with Crippen LogP contribution in [0.5, 0.6) is 0 Å². The van der Waals surface area contributed by atoms with Crippen molar-refractivity contribution in [1.29, 1.82) is 0 Å². The van der Waals surface area contributed by atoms with Crippen LogP contribution in [0.1, 0.15) is 19.4 Å². The molecule has 0 saturated heterocycles. The molecule has 1 aromatic heterocycles. The zero-order chi connectivity index (χ0) is 13.1. The van der Waals surface area contributed by atoms with Gasteiger partial charge in [0.05, 0.1) is 6.61 Å². The first-order chi connectivity index (χ1) is 8.61. The topological polar surface area (TPSA) is 37.2 Å². The maximum absolute atomic E-state index is 9.11. The highest BCUT2D eigenvalue weighted by atomic mass is 35.5. The van der Waals surface area contributed by atoms with E-state index in [0.717, 1.165) is 17.1 Å². The van der Waals surface area contributed by atoms with E-state index in [4.69, 9.17) is 16.7 Å². The highest BCUT2D eigenvalue weighted by molar-refractivity contribution is 6.31. The number of rotatable bonds is 5. The van der Waals surface area contributed by atoms with Gasteiger partial charge in [-0.1, -0.05) is 31.5 Å². The molecule has 0 spiro atoms. The van der Waals surface area contributed by atoms with Gasteiger partial charge in [-0.2, -0.15) is 0 Å². The van der Waals surface area contributed by atoms with Crippen LogP contribution < -0.4 is 5.32 Å². The van der Waals surface area contributed by atoms with Crippen LogP contribution in [0, 0.1) is 0 Å². The molecule has 18 heavy (non-hydrogen) atoms. The van der Waals surface area contributed by atoms with Crippen LogP contribution >= 0.6 is 11.6 Å². The number of aromatic nitrogens is 1. The van der Waals surface area contributed by atoms with Crippen LogP contribution in [-0.2, 0) is 13.1 Å². The Bertz CT molecular complexity index is 534. The Morgan fingerprint density at radius 3 is 2.83 bits per heavy atom. The summed E-state index contributed by atoms with van der Waals surface area (Å²) in [5.74, 6) is 0. The molecule has 0 atom stereocenters. The molecule has 98 valence electrons. The predicted molar refractivity (Wildman–Crippen MR) is 76.0 cm³/mol. The quantitative estimate of drug-likeness (QED) is 0.873. The third-order valence-electron chi connectivity index (χ3n) is 2.97. The smallest absolute Gasteiger partial charge is 0.0610 e. The van der Waals surface area contributed by atoms with Gasteiger partial charge in [-0.3, -0.25) is 0 Å². The fourth-order valence-electron chi connectivity index (χ4n) is 2.09. The Kier molecular flexibility index (Phi) is 4.27. The lowest BCUT2D eigenvalue weighted by atomic mass is 10.1. The van der Waals surface area contributed by atoms with Gasteiger partial charge in [0.1, 0.15) is 0 Å². The van der Waals surface area contributed by atoms with Crippen LogP contribution in [0.25, 0.3) is 10.9 Å². The minimum Gasteiger partial charge on any atom is -0.395 e. The number of nitrogens with one attached hydrogen (secondary N) is 1. The fourth-order valence-corrected chi connectivity index (χ4v) is 2.26.